The third kappa shape index (κ3) is 2.80. The van der Waals surface area contributed by atoms with E-state index in [1.165, 1.54) is 19.3 Å². The van der Waals surface area contributed by atoms with Crippen molar-refractivity contribution in [1.82, 2.24) is 10.2 Å². The lowest BCUT2D eigenvalue weighted by molar-refractivity contribution is -0.127. The van der Waals surface area contributed by atoms with E-state index in [2.05, 4.69) is 10.2 Å². The largest absolute Gasteiger partial charge is 0.356 e. The molecule has 1 amide bonds. The molecule has 0 aromatic heterocycles. The van der Waals surface area contributed by atoms with Crippen molar-refractivity contribution in [2.45, 2.75) is 31.7 Å². The Morgan fingerprint density at radius 3 is 2.65 bits per heavy atom. The molecule has 0 aromatic carbocycles. The predicted molar refractivity (Wildman–Crippen MR) is 68.5 cm³/mol. The van der Waals surface area contributed by atoms with Crippen LogP contribution in [0.2, 0.25) is 0 Å². The summed E-state index contributed by atoms with van der Waals surface area (Å²) in [5.74, 6) is 1.46. The van der Waals surface area contributed by atoms with Crippen LogP contribution in [0.3, 0.4) is 0 Å². The Hall–Kier alpha value is -0.610. The van der Waals surface area contributed by atoms with Crippen molar-refractivity contribution >= 4 is 5.91 Å². The van der Waals surface area contributed by atoms with Gasteiger partial charge < -0.3 is 16.0 Å². The molecule has 2 saturated carbocycles. The second kappa shape index (κ2) is 5.36. The highest BCUT2D eigenvalue weighted by Gasteiger charge is 2.48. The van der Waals surface area contributed by atoms with Crippen LogP contribution in [0.25, 0.3) is 0 Å². The Morgan fingerprint density at radius 2 is 2.06 bits per heavy atom. The Morgan fingerprint density at radius 1 is 1.35 bits per heavy atom. The maximum atomic E-state index is 12.1. The first kappa shape index (κ1) is 12.8. The fourth-order valence-corrected chi connectivity index (χ4v) is 3.45. The van der Waals surface area contributed by atoms with Crippen LogP contribution in [-0.2, 0) is 4.79 Å². The lowest BCUT2D eigenvalue weighted by Crippen LogP contribution is -2.45. The van der Waals surface area contributed by atoms with Crippen molar-refractivity contribution in [2.24, 2.45) is 23.5 Å². The Labute approximate surface area is 104 Å². The van der Waals surface area contributed by atoms with Crippen LogP contribution >= 0.6 is 0 Å². The van der Waals surface area contributed by atoms with Gasteiger partial charge in [-0.2, -0.15) is 0 Å². The van der Waals surface area contributed by atoms with Crippen molar-refractivity contribution in [3.8, 4) is 0 Å². The Bertz CT molecular complexity index is 278. The summed E-state index contributed by atoms with van der Waals surface area (Å²) < 4.78 is 0. The zero-order valence-electron chi connectivity index (χ0n) is 11.0. The molecule has 2 aliphatic rings. The van der Waals surface area contributed by atoms with E-state index in [1.807, 2.05) is 14.1 Å². The molecule has 17 heavy (non-hydrogen) atoms. The van der Waals surface area contributed by atoms with Gasteiger partial charge in [0.15, 0.2) is 0 Å². The summed E-state index contributed by atoms with van der Waals surface area (Å²) in [6.45, 7) is 1.79. The molecule has 2 fully saturated rings. The van der Waals surface area contributed by atoms with E-state index >= 15 is 0 Å². The number of carbonyl (C=O) groups is 1. The maximum Gasteiger partial charge on any atom is 0.224 e. The Kier molecular flexibility index (Phi) is 4.05. The second-order valence-electron chi connectivity index (χ2n) is 5.88. The third-order valence-corrected chi connectivity index (χ3v) is 4.36. The number of fused-ring (bicyclic) bond motifs is 2. The number of hydrogen-bond donors (Lipinski definition) is 2. The molecule has 4 heteroatoms. The van der Waals surface area contributed by atoms with Crippen molar-refractivity contribution in [2.75, 3.05) is 27.2 Å². The van der Waals surface area contributed by atoms with Gasteiger partial charge in [-0.15, -0.1) is 0 Å². The number of hydrogen-bond acceptors (Lipinski definition) is 3. The molecule has 0 heterocycles. The number of nitrogens with one attached hydrogen (secondary N) is 1. The average Bonchev–Trinajstić information content (AvgIpc) is 2.84. The van der Waals surface area contributed by atoms with E-state index in [0.29, 0.717) is 11.8 Å². The van der Waals surface area contributed by atoms with Gasteiger partial charge in [0, 0.05) is 12.6 Å². The molecule has 2 aliphatic carbocycles. The first-order chi connectivity index (χ1) is 8.09. The molecular formula is C13H25N3O. The summed E-state index contributed by atoms with van der Waals surface area (Å²) >= 11 is 0. The second-order valence-corrected chi connectivity index (χ2v) is 5.88. The van der Waals surface area contributed by atoms with Gasteiger partial charge in [0.25, 0.3) is 0 Å². The summed E-state index contributed by atoms with van der Waals surface area (Å²) in [5.41, 5.74) is 6.15. The maximum absolute atomic E-state index is 12.1. The molecule has 0 saturated heterocycles. The van der Waals surface area contributed by atoms with Crippen LogP contribution in [0.5, 0.6) is 0 Å². The summed E-state index contributed by atoms with van der Waals surface area (Å²) in [5, 5.41) is 3.05. The quantitative estimate of drug-likeness (QED) is 0.684. The number of amides is 1. The zero-order chi connectivity index (χ0) is 12.4. The van der Waals surface area contributed by atoms with Crippen molar-refractivity contribution in [3.05, 3.63) is 0 Å². The van der Waals surface area contributed by atoms with E-state index in [9.17, 15) is 4.79 Å². The van der Waals surface area contributed by atoms with Gasteiger partial charge in [-0.25, -0.2) is 0 Å². The van der Waals surface area contributed by atoms with Crippen LogP contribution in [0.4, 0.5) is 0 Å². The number of nitrogens with zero attached hydrogens (tertiary/aromatic N) is 1. The molecule has 0 spiro atoms. The molecule has 2 bridgehead atoms. The summed E-state index contributed by atoms with van der Waals surface area (Å²) in [7, 11) is 4.10. The van der Waals surface area contributed by atoms with Gasteiger partial charge in [0.1, 0.15) is 0 Å². The molecule has 4 atom stereocenters. The minimum atomic E-state index is 0.0908. The van der Waals surface area contributed by atoms with Gasteiger partial charge in [0.2, 0.25) is 5.91 Å². The fourth-order valence-electron chi connectivity index (χ4n) is 3.45. The molecule has 3 N–H and O–H groups in total. The van der Waals surface area contributed by atoms with E-state index in [1.54, 1.807) is 0 Å². The van der Waals surface area contributed by atoms with Crippen molar-refractivity contribution in [3.63, 3.8) is 0 Å². The molecule has 4 unspecified atom stereocenters. The summed E-state index contributed by atoms with van der Waals surface area (Å²) in [6.07, 6.45) is 4.62. The van der Waals surface area contributed by atoms with Gasteiger partial charge in [-0.05, 0) is 58.2 Å². The fraction of sp³-hybridized carbons (Fsp3) is 0.923. The van der Waals surface area contributed by atoms with Gasteiger partial charge >= 0.3 is 0 Å². The zero-order valence-corrected chi connectivity index (χ0v) is 11.0. The van der Waals surface area contributed by atoms with E-state index in [4.69, 9.17) is 5.73 Å². The lowest BCUT2D eigenvalue weighted by Gasteiger charge is -2.27. The number of carbonyl (C=O) groups excluding carboxylic acids is 1. The molecule has 0 radical (unpaired) electrons. The molecule has 0 aromatic rings. The molecule has 2 rings (SSSR count). The highest BCUT2D eigenvalue weighted by atomic mass is 16.1. The van der Waals surface area contributed by atoms with Crippen molar-refractivity contribution < 1.29 is 4.79 Å². The number of nitrogens with two attached hydrogens (primary N) is 1. The average molecular weight is 239 g/mol. The van der Waals surface area contributed by atoms with Gasteiger partial charge in [0.05, 0.1) is 5.92 Å². The topological polar surface area (TPSA) is 58.4 Å². The monoisotopic (exact) mass is 239 g/mol. The standard InChI is InChI=1S/C13H25N3O/c1-16(2)7-3-6-15-13(17)11-9-4-5-10(8-9)12(11)14/h9-12H,3-8,14H2,1-2H3,(H,15,17). The minimum Gasteiger partial charge on any atom is -0.356 e. The number of rotatable bonds is 5. The van der Waals surface area contributed by atoms with E-state index < -0.39 is 0 Å². The minimum absolute atomic E-state index is 0.0908. The smallest absolute Gasteiger partial charge is 0.224 e. The normalized spacial score (nSPS) is 35.5. The van der Waals surface area contributed by atoms with Crippen LogP contribution in [0.15, 0.2) is 0 Å². The van der Waals surface area contributed by atoms with Crippen LogP contribution in [-0.4, -0.2) is 44.0 Å². The summed E-state index contributed by atoms with van der Waals surface area (Å²) in [4.78, 5) is 14.2. The van der Waals surface area contributed by atoms with Crippen molar-refractivity contribution in [1.29, 1.82) is 0 Å². The molecule has 98 valence electrons. The van der Waals surface area contributed by atoms with Crippen LogP contribution in [0.1, 0.15) is 25.7 Å². The summed E-state index contributed by atoms with van der Waals surface area (Å²) in [6, 6.07) is 0.114. The van der Waals surface area contributed by atoms with Gasteiger partial charge in [-0.1, -0.05) is 0 Å². The lowest BCUT2D eigenvalue weighted by atomic mass is 9.84. The molecular weight excluding hydrogens is 214 g/mol. The predicted octanol–water partition coefficient (Wildman–Crippen LogP) is 0.428. The Balaban J connectivity index is 1.73. The van der Waals surface area contributed by atoms with Gasteiger partial charge in [-0.3, -0.25) is 4.79 Å². The van der Waals surface area contributed by atoms with E-state index in [-0.39, 0.29) is 17.9 Å². The van der Waals surface area contributed by atoms with Crippen LogP contribution < -0.4 is 11.1 Å². The highest BCUT2D eigenvalue weighted by molar-refractivity contribution is 5.80. The van der Waals surface area contributed by atoms with Crippen LogP contribution in [0, 0.1) is 17.8 Å². The molecule has 4 nitrogen and oxygen atoms in total. The third-order valence-electron chi connectivity index (χ3n) is 4.36. The van der Waals surface area contributed by atoms with E-state index in [0.717, 1.165) is 19.5 Å². The molecule has 0 aliphatic heterocycles. The first-order valence-electron chi connectivity index (χ1n) is 6.77. The first-order valence-corrected chi connectivity index (χ1v) is 6.77. The highest BCUT2D eigenvalue weighted by Crippen LogP contribution is 2.47. The SMILES string of the molecule is CN(C)CCCNC(=O)C1C2CCC(C2)C1N.